The second-order valence-corrected chi connectivity index (χ2v) is 8.57. The molecule has 0 saturated heterocycles. The van der Waals surface area contributed by atoms with Crippen molar-refractivity contribution in [3.63, 3.8) is 0 Å². The summed E-state index contributed by atoms with van der Waals surface area (Å²) in [5.74, 6) is 1.43. The van der Waals surface area contributed by atoms with Crippen molar-refractivity contribution in [2.24, 2.45) is 0 Å². The Bertz CT molecular complexity index is 1500. The lowest BCUT2D eigenvalue weighted by Gasteiger charge is -2.29. The van der Waals surface area contributed by atoms with Crippen molar-refractivity contribution in [2.45, 2.75) is 19.6 Å². The van der Waals surface area contributed by atoms with Crippen molar-refractivity contribution >= 4 is 17.5 Å². The topological polar surface area (TPSA) is 99.5 Å². The van der Waals surface area contributed by atoms with E-state index in [0.29, 0.717) is 45.7 Å². The molecule has 10 heteroatoms. The molecule has 0 saturated carbocycles. The number of hydrogen-bond donors (Lipinski definition) is 2. The molecule has 0 fully saturated rings. The molecule has 3 aromatic carbocycles. The second kappa shape index (κ2) is 10.6. The number of amides is 1. The average Bonchev–Trinajstić information content (AvgIpc) is 3.40. The number of nitrogens with zero attached hydrogens (tertiary/aromatic N) is 3. The maximum atomic E-state index is 14.1. The van der Waals surface area contributed by atoms with Crippen molar-refractivity contribution in [3.05, 3.63) is 101 Å². The molecule has 9 nitrogen and oxygen atoms in total. The lowest BCUT2D eigenvalue weighted by molar-refractivity contribution is -0.113. The van der Waals surface area contributed by atoms with Crippen molar-refractivity contribution in [1.82, 2.24) is 14.8 Å². The largest absolute Gasteiger partial charge is 0.497 e. The van der Waals surface area contributed by atoms with Gasteiger partial charge in [0.1, 0.15) is 30.5 Å². The molecule has 1 amide bonds. The average molecular weight is 516 g/mol. The smallest absolute Gasteiger partial charge is 0.255 e. The standard InChI is InChI=1S/C28H26FN5O4/c1-17-25(27(35)33-20-9-11-21(36-2)12-10-20)26(34-28(32-17)30-16-31-34)18-8-13-23(24(14-18)37-3)38-15-19-6-4-5-7-22(19)29/h4-14,16,26H,15H2,1-3H3,(H,33,35)(H,30,31,32)/t26-/m0/s1. The maximum Gasteiger partial charge on any atom is 0.255 e. The van der Waals surface area contributed by atoms with E-state index >= 15 is 0 Å². The van der Waals surface area contributed by atoms with E-state index in [4.69, 9.17) is 14.2 Å². The Hall–Kier alpha value is -4.86. The first-order chi connectivity index (χ1) is 18.5. The van der Waals surface area contributed by atoms with Crippen LogP contribution in [-0.4, -0.2) is 34.9 Å². The number of halogens is 1. The van der Waals surface area contributed by atoms with Gasteiger partial charge >= 0.3 is 0 Å². The molecule has 0 radical (unpaired) electrons. The Kier molecular flexibility index (Phi) is 6.94. The molecule has 4 aromatic rings. The number of fused-ring (bicyclic) bond motifs is 1. The fraction of sp³-hybridized carbons (Fsp3) is 0.179. The van der Waals surface area contributed by atoms with E-state index in [-0.39, 0.29) is 18.3 Å². The summed E-state index contributed by atoms with van der Waals surface area (Å²) in [6.45, 7) is 1.86. The molecule has 1 atom stereocenters. The van der Waals surface area contributed by atoms with Gasteiger partial charge in [-0.15, -0.1) is 0 Å². The number of methoxy groups -OCH3 is 2. The highest BCUT2D eigenvalue weighted by Crippen LogP contribution is 2.39. The molecule has 0 bridgehead atoms. The normalized spacial score (nSPS) is 14.4. The fourth-order valence-corrected chi connectivity index (χ4v) is 4.31. The van der Waals surface area contributed by atoms with Crippen LogP contribution in [0.3, 0.4) is 0 Å². The zero-order valence-corrected chi connectivity index (χ0v) is 21.1. The van der Waals surface area contributed by atoms with Crippen LogP contribution in [0.1, 0.15) is 24.1 Å². The molecule has 2 N–H and O–H groups in total. The Balaban J connectivity index is 1.46. The predicted molar refractivity (Wildman–Crippen MR) is 140 cm³/mol. The number of benzene rings is 3. The number of rotatable bonds is 8. The lowest BCUT2D eigenvalue weighted by atomic mass is 9.94. The van der Waals surface area contributed by atoms with Gasteiger partial charge in [-0.1, -0.05) is 24.3 Å². The van der Waals surface area contributed by atoms with E-state index in [1.54, 1.807) is 66.4 Å². The van der Waals surface area contributed by atoms with Crippen LogP contribution in [0, 0.1) is 5.82 Å². The van der Waals surface area contributed by atoms with Gasteiger partial charge in [0.05, 0.1) is 19.8 Å². The van der Waals surface area contributed by atoms with E-state index in [9.17, 15) is 9.18 Å². The summed E-state index contributed by atoms with van der Waals surface area (Å²) in [6.07, 6.45) is 1.43. The minimum Gasteiger partial charge on any atom is -0.497 e. The van der Waals surface area contributed by atoms with Crippen LogP contribution in [0.15, 0.2) is 84.3 Å². The molecule has 1 aliphatic rings. The highest BCUT2D eigenvalue weighted by atomic mass is 19.1. The number of anilines is 2. The number of carbonyl (C=O) groups excluding carboxylic acids is 1. The molecule has 1 aliphatic heterocycles. The van der Waals surface area contributed by atoms with Crippen LogP contribution in [0.25, 0.3) is 0 Å². The van der Waals surface area contributed by atoms with Crippen molar-refractivity contribution in [3.8, 4) is 17.2 Å². The van der Waals surface area contributed by atoms with E-state index in [1.165, 1.54) is 19.5 Å². The van der Waals surface area contributed by atoms with E-state index in [0.717, 1.165) is 5.56 Å². The minimum atomic E-state index is -0.596. The highest BCUT2D eigenvalue weighted by Gasteiger charge is 2.34. The molecule has 38 heavy (non-hydrogen) atoms. The summed E-state index contributed by atoms with van der Waals surface area (Å²) in [6, 6.07) is 18.3. The number of aromatic nitrogens is 3. The number of nitrogens with one attached hydrogen (secondary N) is 2. The molecule has 0 spiro atoms. The monoisotopic (exact) mass is 515 g/mol. The Labute approximate surface area is 218 Å². The van der Waals surface area contributed by atoms with Gasteiger partial charge < -0.3 is 24.8 Å². The Morgan fingerprint density at radius 1 is 1.05 bits per heavy atom. The van der Waals surface area contributed by atoms with Crippen LogP contribution in [0.2, 0.25) is 0 Å². The van der Waals surface area contributed by atoms with Gasteiger partial charge in [0.25, 0.3) is 5.91 Å². The molecular weight excluding hydrogens is 489 g/mol. The molecule has 0 unspecified atom stereocenters. The third-order valence-electron chi connectivity index (χ3n) is 6.23. The first-order valence-electron chi connectivity index (χ1n) is 11.9. The van der Waals surface area contributed by atoms with E-state index in [1.807, 2.05) is 13.0 Å². The van der Waals surface area contributed by atoms with E-state index in [2.05, 4.69) is 20.7 Å². The summed E-state index contributed by atoms with van der Waals surface area (Å²) in [7, 11) is 3.11. The summed E-state index contributed by atoms with van der Waals surface area (Å²) >= 11 is 0. The second-order valence-electron chi connectivity index (χ2n) is 8.57. The van der Waals surface area contributed by atoms with Crippen molar-refractivity contribution in [1.29, 1.82) is 0 Å². The van der Waals surface area contributed by atoms with Gasteiger partial charge in [-0.25, -0.2) is 9.07 Å². The first kappa shape index (κ1) is 24.8. The predicted octanol–water partition coefficient (Wildman–Crippen LogP) is 4.94. The summed E-state index contributed by atoms with van der Waals surface area (Å²) < 4.78 is 32.4. The quantitative estimate of drug-likeness (QED) is 0.343. The summed E-state index contributed by atoms with van der Waals surface area (Å²) in [5.41, 5.74) is 2.88. The Morgan fingerprint density at radius 3 is 2.58 bits per heavy atom. The SMILES string of the molecule is COc1ccc(NC(=O)C2=C(C)Nc3ncnn3[C@H]2c2ccc(OCc3ccccc3F)c(OC)c2)cc1. The van der Waals surface area contributed by atoms with Gasteiger partial charge in [-0.3, -0.25) is 4.79 Å². The minimum absolute atomic E-state index is 0.0392. The van der Waals surface area contributed by atoms with E-state index < -0.39 is 6.04 Å². The van der Waals surface area contributed by atoms with Crippen LogP contribution >= 0.6 is 0 Å². The lowest BCUT2D eigenvalue weighted by Crippen LogP contribution is -2.31. The zero-order chi connectivity index (χ0) is 26.6. The Morgan fingerprint density at radius 2 is 1.84 bits per heavy atom. The third-order valence-corrected chi connectivity index (χ3v) is 6.23. The molecule has 1 aromatic heterocycles. The number of ether oxygens (including phenoxy) is 3. The van der Waals surface area contributed by atoms with Crippen LogP contribution in [0.5, 0.6) is 17.2 Å². The van der Waals surface area contributed by atoms with Gasteiger partial charge in [0.2, 0.25) is 5.95 Å². The van der Waals surface area contributed by atoms with Crippen molar-refractivity contribution in [2.75, 3.05) is 24.9 Å². The van der Waals surface area contributed by atoms with Gasteiger partial charge in [-0.05, 0) is 55.0 Å². The summed E-state index contributed by atoms with van der Waals surface area (Å²) in [4.78, 5) is 17.8. The molecule has 194 valence electrons. The first-order valence-corrected chi connectivity index (χ1v) is 11.9. The van der Waals surface area contributed by atoms with Crippen LogP contribution < -0.4 is 24.8 Å². The van der Waals surface area contributed by atoms with Crippen LogP contribution in [-0.2, 0) is 11.4 Å². The van der Waals surface area contributed by atoms with Gasteiger partial charge in [0, 0.05) is 16.9 Å². The van der Waals surface area contributed by atoms with Crippen LogP contribution in [0.4, 0.5) is 16.0 Å². The van der Waals surface area contributed by atoms with Gasteiger partial charge in [-0.2, -0.15) is 10.1 Å². The third kappa shape index (κ3) is 4.88. The van der Waals surface area contributed by atoms with Gasteiger partial charge in [0.15, 0.2) is 11.5 Å². The highest BCUT2D eigenvalue weighted by molar-refractivity contribution is 6.06. The molecular formula is C28H26FN5O4. The molecule has 5 rings (SSSR count). The number of hydrogen-bond acceptors (Lipinski definition) is 7. The molecule has 0 aliphatic carbocycles. The molecule has 2 heterocycles. The number of allylic oxidation sites excluding steroid dienone is 1. The number of carbonyl (C=O) groups is 1. The maximum absolute atomic E-state index is 14.1. The zero-order valence-electron chi connectivity index (χ0n) is 21.1. The fourth-order valence-electron chi connectivity index (χ4n) is 4.31. The van der Waals surface area contributed by atoms with Crippen molar-refractivity contribution < 1.29 is 23.4 Å². The summed E-state index contributed by atoms with van der Waals surface area (Å²) in [5, 5.41) is 10.5.